The second-order valence-electron chi connectivity index (χ2n) is 4.46. The maximum Gasteiger partial charge on any atom is 0.338 e. The van der Waals surface area contributed by atoms with Crippen LogP contribution in [-0.2, 0) is 9.53 Å². The summed E-state index contributed by atoms with van der Waals surface area (Å²) in [5.74, 6) is -1.07. The third kappa shape index (κ3) is 3.19. The van der Waals surface area contributed by atoms with Crippen LogP contribution in [0.1, 0.15) is 26.3 Å². The molecule has 2 nitrogen and oxygen atoms in total. The summed E-state index contributed by atoms with van der Waals surface area (Å²) in [4.78, 5) is 11.6. The van der Waals surface area contributed by atoms with Crippen molar-refractivity contribution in [3.8, 4) is 0 Å². The lowest BCUT2D eigenvalue weighted by Gasteiger charge is -2.20. The molecule has 0 N–H and O–H groups in total. The fraction of sp³-hybridized carbons (Fsp3) is 0.308. The molecule has 1 rings (SSSR count). The van der Waals surface area contributed by atoms with E-state index in [9.17, 15) is 9.18 Å². The molecule has 0 aromatic heterocycles. The van der Waals surface area contributed by atoms with E-state index >= 15 is 0 Å². The Morgan fingerprint density at radius 1 is 1.31 bits per heavy atom. The van der Waals surface area contributed by atoms with E-state index in [1.807, 2.05) is 0 Å². The maximum atomic E-state index is 13.4. The van der Waals surface area contributed by atoms with Crippen LogP contribution in [0.5, 0.6) is 0 Å². The Balaban J connectivity index is 2.88. The minimum absolute atomic E-state index is 0.0352. The summed E-state index contributed by atoms with van der Waals surface area (Å²) >= 11 is 0. The average molecular weight is 222 g/mol. The Hall–Kier alpha value is -1.64. The van der Waals surface area contributed by atoms with Gasteiger partial charge in [-0.05, 0) is 26.8 Å². The molecule has 0 amide bonds. The number of halogens is 1. The monoisotopic (exact) mass is 222 g/mol. The van der Waals surface area contributed by atoms with Crippen molar-refractivity contribution in [3.63, 3.8) is 0 Å². The topological polar surface area (TPSA) is 26.3 Å². The van der Waals surface area contributed by atoms with Crippen molar-refractivity contribution in [2.45, 2.75) is 26.4 Å². The smallest absolute Gasteiger partial charge is 0.338 e. The Labute approximate surface area is 94.7 Å². The van der Waals surface area contributed by atoms with Crippen LogP contribution in [0.2, 0.25) is 0 Å². The lowest BCUT2D eigenvalue weighted by molar-refractivity contribution is -0.147. The SMILES string of the molecule is C=C(C(=O)OC(C)(C)C)c1ccccc1F. The van der Waals surface area contributed by atoms with E-state index in [1.54, 1.807) is 32.9 Å². The summed E-state index contributed by atoms with van der Waals surface area (Å²) in [6, 6.07) is 5.99. The molecule has 0 unspecified atom stereocenters. The zero-order chi connectivity index (χ0) is 12.3. The van der Waals surface area contributed by atoms with Gasteiger partial charge in [0.15, 0.2) is 0 Å². The summed E-state index contributed by atoms with van der Waals surface area (Å²) in [7, 11) is 0. The molecule has 0 fully saturated rings. The maximum absolute atomic E-state index is 13.4. The summed E-state index contributed by atoms with van der Waals surface area (Å²) in [6.07, 6.45) is 0. The minimum atomic E-state index is -0.606. The van der Waals surface area contributed by atoms with Gasteiger partial charge < -0.3 is 4.74 Å². The van der Waals surface area contributed by atoms with Gasteiger partial charge in [-0.25, -0.2) is 9.18 Å². The number of carbonyl (C=O) groups excluding carboxylic acids is 1. The number of hydrogen-bond acceptors (Lipinski definition) is 2. The highest BCUT2D eigenvalue weighted by Crippen LogP contribution is 2.20. The highest BCUT2D eigenvalue weighted by Gasteiger charge is 2.20. The second kappa shape index (κ2) is 4.47. The van der Waals surface area contributed by atoms with Crippen LogP contribution < -0.4 is 0 Å². The van der Waals surface area contributed by atoms with E-state index in [0.717, 1.165) is 0 Å². The second-order valence-corrected chi connectivity index (χ2v) is 4.46. The lowest BCUT2D eigenvalue weighted by Crippen LogP contribution is -2.24. The van der Waals surface area contributed by atoms with Crippen LogP contribution in [-0.4, -0.2) is 11.6 Å². The van der Waals surface area contributed by atoms with Crippen LogP contribution in [0, 0.1) is 5.82 Å². The van der Waals surface area contributed by atoms with Crippen molar-refractivity contribution in [3.05, 3.63) is 42.2 Å². The molecule has 3 heteroatoms. The molecule has 0 aliphatic rings. The molecular formula is C13H15FO2. The molecule has 0 spiro atoms. The van der Waals surface area contributed by atoms with Crippen molar-refractivity contribution >= 4 is 11.5 Å². The van der Waals surface area contributed by atoms with Crippen molar-refractivity contribution in [1.29, 1.82) is 0 Å². The fourth-order valence-corrected chi connectivity index (χ4v) is 1.16. The zero-order valence-corrected chi connectivity index (χ0v) is 9.71. The van der Waals surface area contributed by atoms with E-state index in [1.165, 1.54) is 12.1 Å². The minimum Gasteiger partial charge on any atom is -0.456 e. The van der Waals surface area contributed by atoms with E-state index in [4.69, 9.17) is 4.74 Å². The lowest BCUT2D eigenvalue weighted by atomic mass is 10.1. The molecule has 1 aromatic rings. The largest absolute Gasteiger partial charge is 0.456 e. The van der Waals surface area contributed by atoms with Gasteiger partial charge in [-0.3, -0.25) is 0 Å². The summed E-state index contributed by atoms with van der Waals surface area (Å²) in [5.41, 5.74) is -0.393. The van der Waals surface area contributed by atoms with E-state index in [2.05, 4.69) is 6.58 Å². The molecule has 0 heterocycles. The number of rotatable bonds is 2. The first kappa shape index (κ1) is 12.4. The first-order chi connectivity index (χ1) is 7.31. The van der Waals surface area contributed by atoms with Crippen LogP contribution in [0.3, 0.4) is 0 Å². The summed E-state index contributed by atoms with van der Waals surface area (Å²) in [5, 5.41) is 0. The summed E-state index contributed by atoms with van der Waals surface area (Å²) < 4.78 is 18.5. The number of ether oxygens (including phenoxy) is 1. The molecule has 0 saturated heterocycles. The van der Waals surface area contributed by atoms with Crippen molar-refractivity contribution in [2.24, 2.45) is 0 Å². The Morgan fingerprint density at radius 2 is 1.88 bits per heavy atom. The van der Waals surface area contributed by atoms with E-state index in [-0.39, 0.29) is 11.1 Å². The number of hydrogen-bond donors (Lipinski definition) is 0. The first-order valence-corrected chi connectivity index (χ1v) is 4.98. The first-order valence-electron chi connectivity index (χ1n) is 4.98. The quantitative estimate of drug-likeness (QED) is 0.567. The molecule has 0 bridgehead atoms. The van der Waals surface area contributed by atoms with Gasteiger partial charge in [0.25, 0.3) is 0 Å². The van der Waals surface area contributed by atoms with Gasteiger partial charge in [0.1, 0.15) is 11.4 Å². The van der Waals surface area contributed by atoms with Crippen LogP contribution in [0.4, 0.5) is 4.39 Å². The van der Waals surface area contributed by atoms with Gasteiger partial charge >= 0.3 is 5.97 Å². The van der Waals surface area contributed by atoms with Gasteiger partial charge in [0.2, 0.25) is 0 Å². The molecule has 0 atom stereocenters. The van der Waals surface area contributed by atoms with Gasteiger partial charge in [-0.2, -0.15) is 0 Å². The van der Waals surface area contributed by atoms with Crippen molar-refractivity contribution < 1.29 is 13.9 Å². The Kier molecular flexibility index (Phi) is 3.48. The third-order valence-electron chi connectivity index (χ3n) is 1.84. The number of benzene rings is 1. The highest BCUT2D eigenvalue weighted by atomic mass is 19.1. The Morgan fingerprint density at radius 3 is 2.38 bits per heavy atom. The van der Waals surface area contributed by atoms with Crippen LogP contribution in [0.15, 0.2) is 30.8 Å². The fourth-order valence-electron chi connectivity index (χ4n) is 1.16. The van der Waals surface area contributed by atoms with Gasteiger partial charge in [-0.1, -0.05) is 24.8 Å². The molecule has 1 aromatic carbocycles. The number of esters is 1. The Bertz CT molecular complexity index is 416. The van der Waals surface area contributed by atoms with Gasteiger partial charge in [0.05, 0.1) is 5.57 Å². The molecular weight excluding hydrogens is 207 g/mol. The predicted octanol–water partition coefficient (Wildman–Crippen LogP) is 3.18. The van der Waals surface area contributed by atoms with E-state index in [0.29, 0.717) is 0 Å². The highest BCUT2D eigenvalue weighted by molar-refractivity contribution is 6.15. The summed E-state index contributed by atoms with van der Waals surface area (Å²) in [6.45, 7) is 8.80. The molecule has 0 aliphatic heterocycles. The zero-order valence-electron chi connectivity index (χ0n) is 9.71. The number of carbonyl (C=O) groups is 1. The standard InChI is InChI=1S/C13H15FO2/c1-9(12(15)16-13(2,3)4)10-7-5-6-8-11(10)14/h5-8H,1H2,2-4H3. The van der Waals surface area contributed by atoms with Gasteiger partial charge in [-0.15, -0.1) is 0 Å². The molecule has 0 aliphatic carbocycles. The third-order valence-corrected chi connectivity index (χ3v) is 1.84. The van der Waals surface area contributed by atoms with Crippen molar-refractivity contribution in [1.82, 2.24) is 0 Å². The van der Waals surface area contributed by atoms with Crippen LogP contribution >= 0.6 is 0 Å². The van der Waals surface area contributed by atoms with E-state index < -0.39 is 17.4 Å². The predicted molar refractivity (Wildman–Crippen MR) is 61.3 cm³/mol. The average Bonchev–Trinajstić information content (AvgIpc) is 2.15. The molecule has 0 saturated carbocycles. The molecule has 16 heavy (non-hydrogen) atoms. The van der Waals surface area contributed by atoms with Crippen LogP contribution in [0.25, 0.3) is 5.57 Å². The normalized spacial score (nSPS) is 11.0. The van der Waals surface area contributed by atoms with Crippen molar-refractivity contribution in [2.75, 3.05) is 0 Å². The molecule has 0 radical (unpaired) electrons. The molecule has 86 valence electrons. The van der Waals surface area contributed by atoms with Gasteiger partial charge in [0, 0.05) is 5.56 Å².